The molecule has 1 heterocycles. The van der Waals surface area contributed by atoms with Gasteiger partial charge in [0.1, 0.15) is 0 Å². The molecule has 1 fully saturated rings. The van der Waals surface area contributed by atoms with Crippen molar-refractivity contribution in [2.75, 3.05) is 11.9 Å². The summed E-state index contributed by atoms with van der Waals surface area (Å²) in [5, 5.41) is 3.56. The van der Waals surface area contributed by atoms with Crippen LogP contribution in [0.25, 0.3) is 0 Å². The summed E-state index contributed by atoms with van der Waals surface area (Å²) in [5.74, 6) is 0.970. The fraction of sp³-hybridized carbons (Fsp3) is 0.600. The molecule has 1 atom stereocenters. The van der Waals surface area contributed by atoms with Crippen LogP contribution in [0, 0.1) is 5.92 Å². The smallest absolute Gasteiger partial charge is 0.0379 e. The number of anilines is 1. The number of rotatable bonds is 2. The van der Waals surface area contributed by atoms with Crippen LogP contribution in [0.5, 0.6) is 0 Å². The van der Waals surface area contributed by atoms with Crippen molar-refractivity contribution in [1.82, 2.24) is 0 Å². The molecule has 0 amide bonds. The average Bonchev–Trinajstić information content (AvgIpc) is 2.89. The standard InChI is InChI=1S/C15H21N/c1-15(10-12-6-2-3-7-12)11-16-14-9-5-4-8-13(14)15/h4-5,8-9,12,16H,2-3,6-7,10-11H2,1H3. The summed E-state index contributed by atoms with van der Waals surface area (Å²) >= 11 is 0. The minimum absolute atomic E-state index is 0.381. The van der Waals surface area contributed by atoms with Crippen molar-refractivity contribution in [2.45, 2.75) is 44.4 Å². The largest absolute Gasteiger partial charge is 0.384 e. The average molecular weight is 215 g/mol. The van der Waals surface area contributed by atoms with Crippen LogP contribution < -0.4 is 5.32 Å². The second kappa shape index (κ2) is 3.80. The molecule has 1 aromatic carbocycles. The van der Waals surface area contributed by atoms with Crippen molar-refractivity contribution in [3.63, 3.8) is 0 Å². The molecular formula is C15H21N. The van der Waals surface area contributed by atoms with Crippen LogP contribution in [0.15, 0.2) is 24.3 Å². The minimum Gasteiger partial charge on any atom is -0.384 e. The number of hydrogen-bond donors (Lipinski definition) is 1. The van der Waals surface area contributed by atoms with E-state index in [1.807, 2.05) is 0 Å². The number of nitrogens with one attached hydrogen (secondary N) is 1. The number of para-hydroxylation sites is 1. The van der Waals surface area contributed by atoms with E-state index < -0.39 is 0 Å². The van der Waals surface area contributed by atoms with Gasteiger partial charge in [-0.3, -0.25) is 0 Å². The lowest BCUT2D eigenvalue weighted by Crippen LogP contribution is -2.27. The van der Waals surface area contributed by atoms with E-state index in [2.05, 4.69) is 36.5 Å². The van der Waals surface area contributed by atoms with Gasteiger partial charge in [0.2, 0.25) is 0 Å². The lowest BCUT2D eigenvalue weighted by molar-refractivity contribution is 0.365. The van der Waals surface area contributed by atoms with Gasteiger partial charge in [0.05, 0.1) is 0 Å². The maximum Gasteiger partial charge on any atom is 0.0379 e. The molecule has 86 valence electrons. The summed E-state index contributed by atoms with van der Waals surface area (Å²) in [7, 11) is 0. The first-order chi connectivity index (χ1) is 7.78. The highest BCUT2D eigenvalue weighted by molar-refractivity contribution is 5.59. The van der Waals surface area contributed by atoms with Crippen LogP contribution in [-0.4, -0.2) is 6.54 Å². The molecule has 1 nitrogen and oxygen atoms in total. The highest BCUT2D eigenvalue weighted by Gasteiger charge is 2.36. The van der Waals surface area contributed by atoms with Gasteiger partial charge in [-0.2, -0.15) is 0 Å². The molecule has 1 unspecified atom stereocenters. The molecule has 1 aromatic rings. The summed E-state index contributed by atoms with van der Waals surface area (Å²) in [6.45, 7) is 3.56. The van der Waals surface area contributed by atoms with Gasteiger partial charge in [-0.15, -0.1) is 0 Å². The van der Waals surface area contributed by atoms with Gasteiger partial charge in [-0.25, -0.2) is 0 Å². The topological polar surface area (TPSA) is 12.0 Å². The molecule has 0 radical (unpaired) electrons. The van der Waals surface area contributed by atoms with Crippen LogP contribution in [0.2, 0.25) is 0 Å². The van der Waals surface area contributed by atoms with Crippen molar-refractivity contribution < 1.29 is 0 Å². The highest BCUT2D eigenvalue weighted by Crippen LogP contribution is 2.43. The molecule has 0 spiro atoms. The first-order valence-corrected chi connectivity index (χ1v) is 6.61. The van der Waals surface area contributed by atoms with Crippen LogP contribution in [-0.2, 0) is 5.41 Å². The Kier molecular flexibility index (Phi) is 2.42. The molecule has 16 heavy (non-hydrogen) atoms. The number of hydrogen-bond acceptors (Lipinski definition) is 1. The van der Waals surface area contributed by atoms with E-state index >= 15 is 0 Å². The van der Waals surface area contributed by atoms with Gasteiger partial charge in [0.25, 0.3) is 0 Å². The number of benzene rings is 1. The second-order valence-electron chi connectivity index (χ2n) is 5.81. The molecule has 1 N–H and O–H groups in total. The third-order valence-corrected chi connectivity index (χ3v) is 4.46. The number of fused-ring (bicyclic) bond motifs is 1. The van der Waals surface area contributed by atoms with Crippen molar-refractivity contribution in [3.8, 4) is 0 Å². The van der Waals surface area contributed by atoms with E-state index in [4.69, 9.17) is 0 Å². The minimum atomic E-state index is 0.381. The molecule has 1 saturated carbocycles. The quantitative estimate of drug-likeness (QED) is 0.787. The van der Waals surface area contributed by atoms with Crippen LogP contribution in [0.4, 0.5) is 5.69 Å². The summed E-state index contributed by atoms with van der Waals surface area (Å²) < 4.78 is 0. The first-order valence-electron chi connectivity index (χ1n) is 6.61. The predicted molar refractivity (Wildman–Crippen MR) is 68.9 cm³/mol. The Bertz CT molecular complexity index is 379. The van der Waals surface area contributed by atoms with Crippen molar-refractivity contribution in [2.24, 2.45) is 5.92 Å². The van der Waals surface area contributed by atoms with E-state index in [1.165, 1.54) is 37.8 Å². The zero-order valence-electron chi connectivity index (χ0n) is 10.1. The summed E-state index contributed by atoms with van der Waals surface area (Å²) in [5.41, 5.74) is 3.29. The van der Waals surface area contributed by atoms with Crippen LogP contribution in [0.3, 0.4) is 0 Å². The van der Waals surface area contributed by atoms with E-state index in [1.54, 1.807) is 5.56 Å². The predicted octanol–water partition coefficient (Wildman–Crippen LogP) is 3.95. The van der Waals surface area contributed by atoms with Crippen molar-refractivity contribution >= 4 is 5.69 Å². The molecule has 0 saturated heterocycles. The second-order valence-corrected chi connectivity index (χ2v) is 5.81. The molecule has 0 bridgehead atoms. The normalized spacial score (nSPS) is 29.1. The zero-order valence-corrected chi connectivity index (χ0v) is 10.1. The highest BCUT2D eigenvalue weighted by atomic mass is 14.9. The van der Waals surface area contributed by atoms with Crippen LogP contribution in [0.1, 0.15) is 44.6 Å². The molecular weight excluding hydrogens is 194 g/mol. The molecule has 0 aromatic heterocycles. The fourth-order valence-electron chi connectivity index (χ4n) is 3.58. The third-order valence-electron chi connectivity index (χ3n) is 4.46. The van der Waals surface area contributed by atoms with Gasteiger partial charge in [-0.1, -0.05) is 50.8 Å². The van der Waals surface area contributed by atoms with Gasteiger partial charge in [0.15, 0.2) is 0 Å². The third kappa shape index (κ3) is 1.63. The zero-order chi connectivity index (χ0) is 11.0. The SMILES string of the molecule is CC1(CC2CCCC2)CNc2ccccc21. The van der Waals surface area contributed by atoms with Crippen LogP contribution >= 0.6 is 0 Å². The van der Waals surface area contributed by atoms with E-state index in [9.17, 15) is 0 Å². The molecule has 2 aliphatic rings. The van der Waals surface area contributed by atoms with Crippen molar-refractivity contribution in [3.05, 3.63) is 29.8 Å². The molecule has 1 heteroatoms. The Morgan fingerprint density at radius 3 is 2.81 bits per heavy atom. The summed E-state index contributed by atoms with van der Waals surface area (Å²) in [4.78, 5) is 0. The Morgan fingerprint density at radius 1 is 1.25 bits per heavy atom. The van der Waals surface area contributed by atoms with Gasteiger partial charge in [0, 0.05) is 17.6 Å². The monoisotopic (exact) mass is 215 g/mol. The Balaban J connectivity index is 1.83. The maximum atomic E-state index is 3.56. The lowest BCUT2D eigenvalue weighted by atomic mass is 9.76. The molecule has 1 aliphatic carbocycles. The fourth-order valence-corrected chi connectivity index (χ4v) is 3.58. The Hall–Kier alpha value is -0.980. The van der Waals surface area contributed by atoms with Gasteiger partial charge < -0.3 is 5.32 Å². The Morgan fingerprint density at radius 2 is 2.00 bits per heavy atom. The van der Waals surface area contributed by atoms with Gasteiger partial charge >= 0.3 is 0 Å². The molecule has 3 rings (SSSR count). The van der Waals surface area contributed by atoms with E-state index in [0.717, 1.165) is 12.5 Å². The first kappa shape index (κ1) is 10.2. The summed E-state index contributed by atoms with van der Waals surface area (Å²) in [6, 6.07) is 8.84. The lowest BCUT2D eigenvalue weighted by Gasteiger charge is -2.27. The van der Waals surface area contributed by atoms with E-state index in [-0.39, 0.29) is 0 Å². The molecule has 1 aliphatic heterocycles. The van der Waals surface area contributed by atoms with Crippen molar-refractivity contribution in [1.29, 1.82) is 0 Å². The van der Waals surface area contributed by atoms with E-state index in [0.29, 0.717) is 5.41 Å². The van der Waals surface area contributed by atoms with Gasteiger partial charge in [-0.05, 0) is 24.0 Å². The summed E-state index contributed by atoms with van der Waals surface area (Å²) in [6.07, 6.45) is 7.19. The maximum absolute atomic E-state index is 3.56. The Labute approximate surface area is 98.3 Å².